The quantitative estimate of drug-likeness (QED) is 0.863. The summed E-state index contributed by atoms with van der Waals surface area (Å²) in [6.07, 6.45) is 0.837. The highest BCUT2D eigenvalue weighted by Crippen LogP contribution is 2.26. The first-order valence-electron chi connectivity index (χ1n) is 5.29. The zero-order valence-corrected chi connectivity index (χ0v) is 9.83. The lowest BCUT2D eigenvalue weighted by Gasteiger charge is -2.18. The van der Waals surface area contributed by atoms with Gasteiger partial charge in [-0.15, -0.1) is 0 Å². The Morgan fingerprint density at radius 2 is 2.00 bits per heavy atom. The minimum absolute atomic E-state index is 0.0197. The van der Waals surface area contributed by atoms with Crippen LogP contribution in [-0.2, 0) is 11.2 Å². The number of hydrogen-bond donors (Lipinski definition) is 1. The molecule has 0 unspecified atom stereocenters. The average Bonchev–Trinajstić information content (AvgIpc) is 2.22. The van der Waals surface area contributed by atoms with E-state index < -0.39 is 17.6 Å². The second-order valence-electron chi connectivity index (χ2n) is 4.01. The second-order valence-corrected chi connectivity index (χ2v) is 4.01. The molecule has 0 aliphatic rings. The van der Waals surface area contributed by atoms with Crippen molar-refractivity contribution in [1.82, 2.24) is 0 Å². The Hall–Kier alpha value is -1.65. The van der Waals surface area contributed by atoms with Crippen LogP contribution < -0.4 is 4.90 Å². The molecule has 0 spiro atoms. The van der Waals surface area contributed by atoms with Crippen LogP contribution in [0.1, 0.15) is 18.4 Å². The van der Waals surface area contributed by atoms with E-state index in [9.17, 15) is 13.6 Å². The molecule has 0 atom stereocenters. The third-order valence-corrected chi connectivity index (χ3v) is 2.44. The molecule has 1 aromatic carbocycles. The van der Waals surface area contributed by atoms with Crippen LogP contribution >= 0.6 is 0 Å². The Morgan fingerprint density at radius 1 is 1.35 bits per heavy atom. The topological polar surface area (TPSA) is 40.5 Å². The molecule has 5 heteroatoms. The van der Waals surface area contributed by atoms with Gasteiger partial charge in [0.05, 0.1) is 5.69 Å². The molecule has 0 aliphatic carbocycles. The van der Waals surface area contributed by atoms with Crippen molar-refractivity contribution in [3.05, 3.63) is 29.3 Å². The maximum atomic E-state index is 13.6. The number of aliphatic carboxylic acids is 1. The first-order valence-corrected chi connectivity index (χ1v) is 5.29. The molecule has 0 saturated heterocycles. The van der Waals surface area contributed by atoms with Gasteiger partial charge in [0.25, 0.3) is 0 Å². The van der Waals surface area contributed by atoms with Gasteiger partial charge in [0, 0.05) is 20.5 Å². The Labute approximate surface area is 98.7 Å². The number of carbonyl (C=O) groups is 1. The number of carboxylic acids is 1. The van der Waals surface area contributed by atoms with Gasteiger partial charge in [-0.3, -0.25) is 4.79 Å². The predicted molar refractivity (Wildman–Crippen MR) is 61.3 cm³/mol. The Bertz CT molecular complexity index is 419. The van der Waals surface area contributed by atoms with Crippen molar-refractivity contribution in [3.63, 3.8) is 0 Å². The van der Waals surface area contributed by atoms with Crippen LogP contribution in [0.5, 0.6) is 0 Å². The van der Waals surface area contributed by atoms with E-state index in [1.807, 2.05) is 0 Å². The molecule has 0 heterocycles. The van der Waals surface area contributed by atoms with E-state index in [4.69, 9.17) is 5.11 Å². The van der Waals surface area contributed by atoms with Crippen molar-refractivity contribution < 1.29 is 18.7 Å². The third-order valence-electron chi connectivity index (χ3n) is 2.44. The maximum absolute atomic E-state index is 13.6. The number of anilines is 1. The Balaban J connectivity index is 2.91. The molecule has 1 rings (SSSR count). The molecule has 17 heavy (non-hydrogen) atoms. The van der Waals surface area contributed by atoms with Crippen LogP contribution in [0.4, 0.5) is 14.5 Å². The summed E-state index contributed by atoms with van der Waals surface area (Å²) in [5.41, 5.74) is 0.811. The van der Waals surface area contributed by atoms with Crippen LogP contribution in [0.15, 0.2) is 12.1 Å². The monoisotopic (exact) mass is 243 g/mol. The van der Waals surface area contributed by atoms with Gasteiger partial charge in [0.15, 0.2) is 11.6 Å². The maximum Gasteiger partial charge on any atom is 0.303 e. The highest BCUT2D eigenvalue weighted by Gasteiger charge is 2.15. The molecule has 0 aliphatic heterocycles. The number of aryl methyl sites for hydroxylation is 1. The molecule has 0 bridgehead atoms. The molecule has 3 nitrogen and oxygen atoms in total. The fraction of sp³-hybridized carbons (Fsp3) is 0.417. The van der Waals surface area contributed by atoms with E-state index in [1.165, 1.54) is 11.0 Å². The van der Waals surface area contributed by atoms with Crippen molar-refractivity contribution in [2.75, 3.05) is 19.0 Å². The zero-order chi connectivity index (χ0) is 13.0. The molecule has 0 aromatic heterocycles. The minimum atomic E-state index is -0.893. The van der Waals surface area contributed by atoms with Gasteiger partial charge in [-0.05, 0) is 24.5 Å². The number of nitrogens with zero attached hydrogens (tertiary/aromatic N) is 1. The van der Waals surface area contributed by atoms with Gasteiger partial charge in [0.2, 0.25) is 0 Å². The second kappa shape index (κ2) is 5.61. The van der Waals surface area contributed by atoms with Crippen molar-refractivity contribution >= 4 is 11.7 Å². The van der Waals surface area contributed by atoms with E-state index in [0.29, 0.717) is 18.4 Å². The highest BCUT2D eigenvalue weighted by molar-refractivity contribution is 5.66. The largest absolute Gasteiger partial charge is 0.481 e. The van der Waals surface area contributed by atoms with Gasteiger partial charge in [0.1, 0.15) is 0 Å². The summed E-state index contributed by atoms with van der Waals surface area (Å²) in [7, 11) is 3.25. The van der Waals surface area contributed by atoms with Crippen LogP contribution in [0.25, 0.3) is 0 Å². The number of carboxylic acid groups (broad SMARTS) is 1. The van der Waals surface area contributed by atoms with Crippen molar-refractivity contribution in [1.29, 1.82) is 0 Å². The van der Waals surface area contributed by atoms with Gasteiger partial charge in [-0.2, -0.15) is 0 Å². The van der Waals surface area contributed by atoms with Crippen molar-refractivity contribution in [2.45, 2.75) is 19.3 Å². The normalized spacial score (nSPS) is 10.4. The van der Waals surface area contributed by atoms with Crippen molar-refractivity contribution in [2.24, 2.45) is 0 Å². The molecule has 1 N–H and O–H groups in total. The van der Waals surface area contributed by atoms with E-state index in [-0.39, 0.29) is 12.1 Å². The first-order chi connectivity index (χ1) is 7.93. The lowest BCUT2D eigenvalue weighted by atomic mass is 10.0. The summed E-state index contributed by atoms with van der Waals surface area (Å²) in [4.78, 5) is 11.9. The predicted octanol–water partition coefficient (Wildman–Crippen LogP) is 2.44. The lowest BCUT2D eigenvalue weighted by molar-refractivity contribution is -0.137. The summed E-state index contributed by atoms with van der Waals surface area (Å²) in [6, 6.07) is 2.56. The van der Waals surface area contributed by atoms with E-state index in [2.05, 4.69) is 0 Å². The summed E-state index contributed by atoms with van der Waals surface area (Å²) in [5.74, 6) is -2.67. The molecule has 0 saturated carbocycles. The lowest BCUT2D eigenvalue weighted by Crippen LogP contribution is -2.14. The number of halogens is 2. The summed E-state index contributed by atoms with van der Waals surface area (Å²) >= 11 is 0. The SMILES string of the molecule is CN(C)c1c(CCCC(=O)O)ccc(F)c1F. The van der Waals surface area contributed by atoms with Crippen molar-refractivity contribution in [3.8, 4) is 0 Å². The Kier molecular flexibility index (Phi) is 4.43. The number of benzene rings is 1. The molecule has 0 fully saturated rings. The number of hydrogen-bond acceptors (Lipinski definition) is 2. The molecule has 0 amide bonds. The third kappa shape index (κ3) is 3.41. The average molecular weight is 243 g/mol. The smallest absolute Gasteiger partial charge is 0.303 e. The summed E-state index contributed by atoms with van der Waals surface area (Å²) in [5, 5.41) is 8.52. The van der Waals surface area contributed by atoms with Crippen LogP contribution in [0.3, 0.4) is 0 Å². The fourth-order valence-electron chi connectivity index (χ4n) is 1.70. The van der Waals surface area contributed by atoms with E-state index >= 15 is 0 Å². The number of rotatable bonds is 5. The Morgan fingerprint density at radius 3 is 2.53 bits per heavy atom. The molecule has 1 aromatic rings. The first kappa shape index (κ1) is 13.4. The molecular weight excluding hydrogens is 228 g/mol. The zero-order valence-electron chi connectivity index (χ0n) is 9.83. The molecular formula is C12H15F2NO2. The van der Waals surface area contributed by atoms with E-state index in [0.717, 1.165) is 6.07 Å². The fourth-order valence-corrected chi connectivity index (χ4v) is 1.70. The molecule has 0 radical (unpaired) electrons. The van der Waals surface area contributed by atoms with Gasteiger partial charge in [-0.1, -0.05) is 6.07 Å². The van der Waals surface area contributed by atoms with Crippen LogP contribution in [-0.4, -0.2) is 25.2 Å². The molecule has 94 valence electrons. The standard InChI is InChI=1S/C12H15F2NO2/c1-15(2)12-8(4-3-5-10(16)17)6-7-9(13)11(12)14/h6-7H,3-5H2,1-2H3,(H,16,17). The van der Waals surface area contributed by atoms with Gasteiger partial charge in [-0.25, -0.2) is 8.78 Å². The van der Waals surface area contributed by atoms with Gasteiger partial charge >= 0.3 is 5.97 Å². The van der Waals surface area contributed by atoms with Crippen LogP contribution in [0, 0.1) is 11.6 Å². The summed E-state index contributed by atoms with van der Waals surface area (Å²) < 4.78 is 26.6. The van der Waals surface area contributed by atoms with Gasteiger partial charge < -0.3 is 10.0 Å². The minimum Gasteiger partial charge on any atom is -0.481 e. The van der Waals surface area contributed by atoms with Crippen LogP contribution in [0.2, 0.25) is 0 Å². The highest BCUT2D eigenvalue weighted by atomic mass is 19.2. The summed E-state index contributed by atoms with van der Waals surface area (Å²) in [6.45, 7) is 0. The van der Waals surface area contributed by atoms with E-state index in [1.54, 1.807) is 14.1 Å².